The Morgan fingerprint density at radius 2 is 1.84 bits per heavy atom. The van der Waals surface area contributed by atoms with Crippen molar-refractivity contribution in [3.63, 3.8) is 0 Å². The van der Waals surface area contributed by atoms with Crippen LogP contribution in [0.2, 0.25) is 5.02 Å². The molecule has 0 saturated carbocycles. The average molecular weight is 390 g/mol. The zero-order chi connectivity index (χ0) is 18.3. The van der Waals surface area contributed by atoms with E-state index in [0.717, 1.165) is 12.8 Å². The number of amides is 2. The first-order chi connectivity index (χ1) is 11.2. The van der Waals surface area contributed by atoms with Gasteiger partial charge in [0.05, 0.1) is 10.6 Å². The summed E-state index contributed by atoms with van der Waals surface area (Å²) in [6.07, 6.45) is 1.96. The van der Waals surface area contributed by atoms with Gasteiger partial charge in [-0.15, -0.1) is 12.4 Å². The molecule has 5 nitrogen and oxygen atoms in total. The van der Waals surface area contributed by atoms with E-state index in [2.05, 4.69) is 10.6 Å². The number of halogens is 2. The van der Waals surface area contributed by atoms with Gasteiger partial charge in [0.15, 0.2) is 0 Å². The van der Waals surface area contributed by atoms with E-state index in [4.69, 9.17) is 17.3 Å². The molecule has 0 unspecified atom stereocenters. The van der Waals surface area contributed by atoms with Crippen molar-refractivity contribution in [2.75, 3.05) is 11.9 Å². The molecule has 0 aliphatic heterocycles. The molecule has 1 aromatic carbocycles. The quantitative estimate of drug-likeness (QED) is 0.628. The Balaban J connectivity index is 0.00000576. The molecule has 0 saturated heterocycles. The summed E-state index contributed by atoms with van der Waals surface area (Å²) in [4.78, 5) is 24.3. The molecule has 0 aromatic heterocycles. The second kappa shape index (κ2) is 10.6. The molecule has 0 fully saturated rings. The summed E-state index contributed by atoms with van der Waals surface area (Å²) in [6.45, 7) is 8.31. The van der Waals surface area contributed by atoms with Gasteiger partial charge >= 0.3 is 0 Å². The maximum absolute atomic E-state index is 12.4. The highest BCUT2D eigenvalue weighted by molar-refractivity contribution is 6.34. The van der Waals surface area contributed by atoms with Crippen LogP contribution in [0.4, 0.5) is 5.69 Å². The Kier molecular flexibility index (Phi) is 10.1. The summed E-state index contributed by atoms with van der Waals surface area (Å²) < 4.78 is 0. The van der Waals surface area contributed by atoms with Crippen LogP contribution < -0.4 is 16.4 Å². The summed E-state index contributed by atoms with van der Waals surface area (Å²) in [5.74, 6) is -0.117. The van der Waals surface area contributed by atoms with Gasteiger partial charge in [-0.05, 0) is 37.0 Å². The van der Waals surface area contributed by atoms with Crippen LogP contribution in [0.15, 0.2) is 18.2 Å². The first-order valence-electron chi connectivity index (χ1n) is 8.37. The van der Waals surface area contributed by atoms with Crippen molar-refractivity contribution < 1.29 is 9.59 Å². The lowest BCUT2D eigenvalue weighted by molar-refractivity contribution is -0.116. The highest BCUT2D eigenvalue weighted by Gasteiger charge is 2.22. The van der Waals surface area contributed by atoms with E-state index in [1.807, 2.05) is 27.7 Å². The number of nitrogens with two attached hydrogens (primary N) is 1. The van der Waals surface area contributed by atoms with Gasteiger partial charge in [0.2, 0.25) is 5.91 Å². The number of carbonyl (C=O) groups excluding carboxylic acids is 2. The molecule has 0 atom stereocenters. The van der Waals surface area contributed by atoms with Crippen molar-refractivity contribution in [1.29, 1.82) is 0 Å². The third-order valence-corrected chi connectivity index (χ3v) is 4.43. The summed E-state index contributed by atoms with van der Waals surface area (Å²) >= 11 is 6.12. The molecular formula is C18H29Cl2N3O2. The van der Waals surface area contributed by atoms with Crippen molar-refractivity contribution in [3.05, 3.63) is 28.8 Å². The first kappa shape index (κ1) is 23.7. The minimum atomic E-state index is -0.425. The predicted octanol–water partition coefficient (Wildman–Crippen LogP) is 3.99. The molecule has 0 spiro atoms. The third-order valence-electron chi connectivity index (χ3n) is 4.10. The van der Waals surface area contributed by atoms with Crippen LogP contribution in [0.3, 0.4) is 0 Å². The zero-order valence-corrected chi connectivity index (χ0v) is 16.9. The number of nitrogens with one attached hydrogen (secondary N) is 2. The van der Waals surface area contributed by atoms with Crippen LogP contribution >= 0.6 is 24.0 Å². The largest absolute Gasteiger partial charge is 0.350 e. The number of hydrogen-bond donors (Lipinski definition) is 3. The van der Waals surface area contributed by atoms with E-state index < -0.39 is 5.54 Å². The van der Waals surface area contributed by atoms with Gasteiger partial charge in [-0.25, -0.2) is 0 Å². The van der Waals surface area contributed by atoms with Crippen LogP contribution in [-0.2, 0) is 4.79 Å². The highest BCUT2D eigenvalue weighted by Crippen LogP contribution is 2.21. The molecule has 4 N–H and O–H groups in total. The Hall–Kier alpha value is -1.30. The zero-order valence-electron chi connectivity index (χ0n) is 15.3. The van der Waals surface area contributed by atoms with E-state index in [-0.39, 0.29) is 30.1 Å². The van der Waals surface area contributed by atoms with Crippen LogP contribution in [0.5, 0.6) is 0 Å². The fourth-order valence-electron chi connectivity index (χ4n) is 2.21. The van der Waals surface area contributed by atoms with Crippen molar-refractivity contribution >= 4 is 41.5 Å². The molecule has 25 heavy (non-hydrogen) atoms. The third kappa shape index (κ3) is 7.63. The van der Waals surface area contributed by atoms with Gasteiger partial charge in [0.1, 0.15) is 0 Å². The molecular weight excluding hydrogens is 361 g/mol. The molecule has 7 heteroatoms. The van der Waals surface area contributed by atoms with Gasteiger partial charge in [0.25, 0.3) is 5.91 Å². The number of carbonyl (C=O) groups is 2. The predicted molar refractivity (Wildman–Crippen MR) is 107 cm³/mol. The molecule has 0 bridgehead atoms. The molecule has 2 amide bonds. The van der Waals surface area contributed by atoms with Crippen LogP contribution in [0, 0.1) is 5.92 Å². The van der Waals surface area contributed by atoms with Crippen molar-refractivity contribution in [1.82, 2.24) is 5.32 Å². The SMILES string of the molecule is CCC(N)(CC)CNC(=O)c1cc(NC(=O)CC(C)C)ccc1Cl.Cl. The maximum Gasteiger partial charge on any atom is 0.252 e. The van der Waals surface area contributed by atoms with Gasteiger partial charge in [0, 0.05) is 24.2 Å². The van der Waals surface area contributed by atoms with E-state index in [9.17, 15) is 9.59 Å². The van der Waals surface area contributed by atoms with Crippen molar-refractivity contribution in [2.24, 2.45) is 11.7 Å². The normalized spacial score (nSPS) is 11.0. The molecule has 0 radical (unpaired) electrons. The van der Waals surface area contributed by atoms with Crippen LogP contribution in [0.25, 0.3) is 0 Å². The highest BCUT2D eigenvalue weighted by atomic mass is 35.5. The smallest absolute Gasteiger partial charge is 0.252 e. The summed E-state index contributed by atoms with van der Waals surface area (Å²) in [5, 5.41) is 5.96. The van der Waals surface area contributed by atoms with Gasteiger partial charge in [-0.2, -0.15) is 0 Å². The Bertz CT molecular complexity index is 588. The molecule has 1 aromatic rings. The molecule has 1 rings (SSSR count). The second-order valence-electron chi connectivity index (χ2n) is 6.59. The van der Waals surface area contributed by atoms with Crippen molar-refractivity contribution in [3.8, 4) is 0 Å². The van der Waals surface area contributed by atoms with Gasteiger partial charge < -0.3 is 16.4 Å². The first-order valence-corrected chi connectivity index (χ1v) is 8.75. The van der Waals surface area contributed by atoms with Gasteiger partial charge in [-0.3, -0.25) is 9.59 Å². The minimum Gasteiger partial charge on any atom is -0.350 e. The topological polar surface area (TPSA) is 84.2 Å². The summed E-state index contributed by atoms with van der Waals surface area (Å²) in [7, 11) is 0. The summed E-state index contributed by atoms with van der Waals surface area (Å²) in [6, 6.07) is 4.88. The fourth-order valence-corrected chi connectivity index (χ4v) is 2.41. The van der Waals surface area contributed by atoms with E-state index in [0.29, 0.717) is 29.2 Å². The molecule has 0 aliphatic carbocycles. The Morgan fingerprint density at radius 1 is 1.24 bits per heavy atom. The minimum absolute atomic E-state index is 0. The number of benzene rings is 1. The number of hydrogen-bond acceptors (Lipinski definition) is 3. The number of rotatable bonds is 8. The lowest BCUT2D eigenvalue weighted by Gasteiger charge is -2.26. The number of anilines is 1. The van der Waals surface area contributed by atoms with Crippen LogP contribution in [0.1, 0.15) is 57.3 Å². The monoisotopic (exact) mass is 389 g/mol. The van der Waals surface area contributed by atoms with E-state index in [1.54, 1.807) is 18.2 Å². The standard InChI is InChI=1S/C18H28ClN3O2.ClH/c1-5-18(20,6-2)11-21-17(24)14-10-13(7-8-15(14)19)22-16(23)9-12(3)4;/h7-8,10,12H,5-6,9,11,20H2,1-4H3,(H,21,24)(H,22,23);1H. The molecule has 0 heterocycles. The molecule has 0 aliphatic rings. The average Bonchev–Trinajstić information content (AvgIpc) is 2.53. The van der Waals surface area contributed by atoms with Crippen LogP contribution in [-0.4, -0.2) is 23.9 Å². The summed E-state index contributed by atoms with van der Waals surface area (Å²) in [5.41, 5.74) is 6.66. The maximum atomic E-state index is 12.4. The van der Waals surface area contributed by atoms with E-state index in [1.165, 1.54) is 0 Å². The fraction of sp³-hybridized carbons (Fsp3) is 0.556. The Morgan fingerprint density at radius 3 is 2.36 bits per heavy atom. The van der Waals surface area contributed by atoms with Crippen molar-refractivity contribution in [2.45, 2.75) is 52.5 Å². The lowest BCUT2D eigenvalue weighted by Crippen LogP contribution is -2.49. The van der Waals surface area contributed by atoms with E-state index >= 15 is 0 Å². The van der Waals surface area contributed by atoms with Gasteiger partial charge in [-0.1, -0.05) is 39.3 Å². The molecule has 142 valence electrons. The lowest BCUT2D eigenvalue weighted by atomic mass is 9.94. The Labute approximate surface area is 161 Å². The second-order valence-corrected chi connectivity index (χ2v) is 7.00.